The van der Waals surface area contributed by atoms with E-state index in [0.29, 0.717) is 39.6 Å². The number of nitrogens with zero attached hydrogens (tertiary/aromatic N) is 2. The van der Waals surface area contributed by atoms with E-state index in [4.69, 9.17) is 24.1 Å². The molecule has 0 unspecified atom stereocenters. The topological polar surface area (TPSA) is 175 Å². The minimum absolute atomic E-state index is 0.0317. The normalized spacial score (nSPS) is 10.7. The Balaban J connectivity index is 1.88. The fourth-order valence-corrected chi connectivity index (χ4v) is 1.84. The van der Waals surface area contributed by atoms with E-state index in [1.807, 2.05) is 0 Å². The first-order valence-corrected chi connectivity index (χ1v) is 8.51. The summed E-state index contributed by atoms with van der Waals surface area (Å²) in [4.78, 5) is 32.0. The largest absolute Gasteiger partial charge is 0.481 e. The number of aromatic nitrogens is 2. The molecule has 28 heavy (non-hydrogen) atoms. The standard InChI is InChI=1S/C15H24N4O9/c20-13(21)1-3-25-5-7-27-9-10-28-8-6-26-4-2-16-15(22)12-11-17-18-14(12)19(23)24/h11H,1-10H2,(H,16,22)(H,17,18)(H,20,21). The van der Waals surface area contributed by atoms with Gasteiger partial charge in [-0.25, -0.2) is 0 Å². The van der Waals surface area contributed by atoms with Crippen molar-refractivity contribution in [1.29, 1.82) is 0 Å². The first-order chi connectivity index (χ1) is 13.5. The van der Waals surface area contributed by atoms with Crippen molar-refractivity contribution >= 4 is 17.7 Å². The lowest BCUT2D eigenvalue weighted by atomic mass is 10.3. The van der Waals surface area contributed by atoms with Crippen LogP contribution in [0.2, 0.25) is 0 Å². The van der Waals surface area contributed by atoms with Crippen LogP contribution in [0.15, 0.2) is 6.20 Å². The van der Waals surface area contributed by atoms with Gasteiger partial charge in [-0.3, -0.25) is 9.59 Å². The average Bonchev–Trinajstić information content (AvgIpc) is 3.14. The van der Waals surface area contributed by atoms with Gasteiger partial charge in [0, 0.05) is 6.54 Å². The summed E-state index contributed by atoms with van der Waals surface area (Å²) >= 11 is 0. The van der Waals surface area contributed by atoms with E-state index in [1.54, 1.807) is 0 Å². The number of amides is 1. The maximum absolute atomic E-state index is 11.8. The molecule has 3 N–H and O–H groups in total. The lowest BCUT2D eigenvalue weighted by Crippen LogP contribution is -2.28. The summed E-state index contributed by atoms with van der Waals surface area (Å²) < 4.78 is 20.8. The molecule has 0 atom stereocenters. The molecule has 0 aromatic carbocycles. The van der Waals surface area contributed by atoms with E-state index in [-0.39, 0.29) is 31.7 Å². The molecular weight excluding hydrogens is 380 g/mol. The summed E-state index contributed by atoms with van der Waals surface area (Å²) in [7, 11) is 0. The molecule has 0 bridgehead atoms. The van der Waals surface area contributed by atoms with E-state index in [1.165, 1.54) is 0 Å². The monoisotopic (exact) mass is 404 g/mol. The van der Waals surface area contributed by atoms with E-state index in [0.717, 1.165) is 6.20 Å². The number of nitrogens with one attached hydrogen (secondary N) is 2. The Labute approximate surface area is 160 Å². The number of aliphatic carboxylic acids is 1. The number of H-pyrrole nitrogens is 1. The average molecular weight is 404 g/mol. The molecule has 0 saturated carbocycles. The van der Waals surface area contributed by atoms with Crippen LogP contribution in [0, 0.1) is 10.1 Å². The van der Waals surface area contributed by atoms with Crippen LogP contribution in [0.4, 0.5) is 5.82 Å². The number of carboxylic acid groups (broad SMARTS) is 1. The van der Waals surface area contributed by atoms with Crippen LogP contribution in [-0.4, -0.2) is 91.5 Å². The molecule has 1 aromatic heterocycles. The van der Waals surface area contributed by atoms with Gasteiger partial charge >= 0.3 is 11.8 Å². The molecule has 1 aromatic rings. The van der Waals surface area contributed by atoms with Crippen LogP contribution >= 0.6 is 0 Å². The number of hydrogen-bond acceptors (Lipinski definition) is 9. The van der Waals surface area contributed by atoms with E-state index in [2.05, 4.69) is 15.5 Å². The number of aromatic amines is 1. The predicted octanol–water partition coefficient (Wildman–Crippen LogP) is -0.411. The summed E-state index contributed by atoms with van der Waals surface area (Å²) in [5.74, 6) is -1.97. The minimum atomic E-state index is -0.902. The van der Waals surface area contributed by atoms with Gasteiger partial charge in [-0.05, 0) is 4.92 Å². The second-order valence-corrected chi connectivity index (χ2v) is 5.24. The molecule has 1 heterocycles. The molecule has 0 aliphatic heterocycles. The van der Waals surface area contributed by atoms with Crippen molar-refractivity contribution in [2.45, 2.75) is 6.42 Å². The van der Waals surface area contributed by atoms with Crippen molar-refractivity contribution in [2.75, 3.05) is 59.4 Å². The molecule has 1 amide bonds. The molecule has 0 saturated heterocycles. The fraction of sp³-hybridized carbons (Fsp3) is 0.667. The van der Waals surface area contributed by atoms with Gasteiger partial charge in [-0.1, -0.05) is 5.10 Å². The Morgan fingerprint density at radius 3 is 2.11 bits per heavy atom. The zero-order valence-corrected chi connectivity index (χ0v) is 15.3. The number of carboxylic acids is 1. The van der Waals surface area contributed by atoms with Crippen molar-refractivity contribution in [3.63, 3.8) is 0 Å². The number of rotatable bonds is 17. The van der Waals surface area contributed by atoms with E-state index < -0.39 is 22.6 Å². The summed E-state index contributed by atoms with van der Waals surface area (Å²) in [6, 6.07) is 0. The quantitative estimate of drug-likeness (QED) is 0.176. The van der Waals surface area contributed by atoms with Crippen molar-refractivity contribution < 1.29 is 38.6 Å². The predicted molar refractivity (Wildman–Crippen MR) is 93.1 cm³/mol. The molecule has 0 radical (unpaired) electrons. The van der Waals surface area contributed by atoms with Gasteiger partial charge < -0.3 is 39.5 Å². The Kier molecular flexibility index (Phi) is 12.1. The zero-order chi connectivity index (χ0) is 20.6. The van der Waals surface area contributed by atoms with Gasteiger partial charge in [-0.15, -0.1) is 5.10 Å². The van der Waals surface area contributed by atoms with Gasteiger partial charge in [0.05, 0.1) is 65.5 Å². The summed E-state index contributed by atoms with van der Waals surface area (Å²) in [6.07, 6.45) is 1.06. The third-order valence-corrected chi connectivity index (χ3v) is 3.15. The van der Waals surface area contributed by atoms with Crippen molar-refractivity contribution in [3.8, 4) is 0 Å². The lowest BCUT2D eigenvalue weighted by molar-refractivity contribution is -0.389. The molecule has 0 aliphatic carbocycles. The van der Waals surface area contributed by atoms with Gasteiger partial charge in [0.25, 0.3) is 5.91 Å². The van der Waals surface area contributed by atoms with Crippen molar-refractivity contribution in [3.05, 3.63) is 21.9 Å². The molecule has 13 nitrogen and oxygen atoms in total. The summed E-state index contributed by atoms with van der Waals surface area (Å²) in [6.45, 7) is 2.67. The number of carbonyl (C=O) groups excluding carboxylic acids is 1. The smallest absolute Gasteiger partial charge is 0.355 e. The molecule has 158 valence electrons. The van der Waals surface area contributed by atoms with Crippen LogP contribution in [0.5, 0.6) is 0 Å². The Morgan fingerprint density at radius 1 is 1.04 bits per heavy atom. The molecule has 1 rings (SSSR count). The highest BCUT2D eigenvalue weighted by Crippen LogP contribution is 2.12. The Morgan fingerprint density at radius 2 is 1.57 bits per heavy atom. The van der Waals surface area contributed by atoms with Crippen LogP contribution in [0.3, 0.4) is 0 Å². The van der Waals surface area contributed by atoms with Crippen molar-refractivity contribution in [1.82, 2.24) is 15.5 Å². The highest BCUT2D eigenvalue weighted by Gasteiger charge is 2.21. The van der Waals surface area contributed by atoms with E-state index >= 15 is 0 Å². The zero-order valence-electron chi connectivity index (χ0n) is 15.3. The molecule has 13 heteroatoms. The number of carbonyl (C=O) groups is 2. The third kappa shape index (κ3) is 10.5. The van der Waals surface area contributed by atoms with Crippen molar-refractivity contribution in [2.24, 2.45) is 0 Å². The van der Waals surface area contributed by atoms with Crippen LogP contribution in [0.25, 0.3) is 0 Å². The number of hydrogen-bond donors (Lipinski definition) is 3. The van der Waals surface area contributed by atoms with Gasteiger partial charge in [0.2, 0.25) is 0 Å². The Bertz CT molecular complexity index is 608. The van der Waals surface area contributed by atoms with Crippen LogP contribution in [-0.2, 0) is 23.7 Å². The minimum Gasteiger partial charge on any atom is -0.481 e. The number of nitro groups is 1. The maximum atomic E-state index is 11.8. The first-order valence-electron chi connectivity index (χ1n) is 8.51. The fourth-order valence-electron chi connectivity index (χ4n) is 1.84. The van der Waals surface area contributed by atoms with Crippen LogP contribution < -0.4 is 5.32 Å². The summed E-state index contributed by atoms with van der Waals surface area (Å²) in [5.41, 5.74) is -0.138. The second-order valence-electron chi connectivity index (χ2n) is 5.24. The first kappa shape index (κ1) is 23.4. The van der Waals surface area contributed by atoms with Gasteiger partial charge in [0.1, 0.15) is 0 Å². The maximum Gasteiger partial charge on any atom is 0.355 e. The Hall–Kier alpha value is -2.61. The van der Waals surface area contributed by atoms with Gasteiger partial charge in [0.15, 0.2) is 5.56 Å². The van der Waals surface area contributed by atoms with Crippen LogP contribution in [0.1, 0.15) is 16.8 Å². The van der Waals surface area contributed by atoms with E-state index in [9.17, 15) is 19.7 Å². The molecular formula is C15H24N4O9. The molecule has 0 aliphatic rings. The summed E-state index contributed by atoms with van der Waals surface area (Å²) in [5, 5.41) is 27.2. The second kappa shape index (κ2) is 14.4. The lowest BCUT2D eigenvalue weighted by Gasteiger charge is -2.07. The molecule has 0 fully saturated rings. The highest BCUT2D eigenvalue weighted by molar-refractivity contribution is 5.97. The SMILES string of the molecule is O=C(O)CCOCCOCCOCCOCCNC(=O)c1cn[nH]c1[N+](=O)[O-]. The third-order valence-electron chi connectivity index (χ3n) is 3.15. The van der Waals surface area contributed by atoms with Gasteiger partial charge in [-0.2, -0.15) is 0 Å². The molecule has 0 spiro atoms. The highest BCUT2D eigenvalue weighted by atomic mass is 16.6. The number of ether oxygens (including phenoxy) is 4.